The molecule has 1 atom stereocenters. The molecule has 0 aliphatic heterocycles. The maximum absolute atomic E-state index is 5.87. The van der Waals surface area contributed by atoms with Gasteiger partial charge in [-0.15, -0.1) is 0 Å². The molecular weight excluding hydrogens is 220 g/mol. The molecule has 0 saturated heterocycles. The normalized spacial score (nSPS) is 32.2. The molecule has 2 aliphatic rings. The lowest BCUT2D eigenvalue weighted by atomic mass is 9.76. The molecule has 2 rings (SSSR count). The molecule has 0 bridgehead atoms. The third kappa shape index (κ3) is 3.83. The van der Waals surface area contributed by atoms with E-state index in [1.165, 1.54) is 64.2 Å². The number of rotatable bonds is 3. The molecule has 0 aromatic rings. The van der Waals surface area contributed by atoms with Crippen molar-refractivity contribution in [3.8, 4) is 0 Å². The van der Waals surface area contributed by atoms with Crippen LogP contribution in [0.15, 0.2) is 11.6 Å². The third-order valence-corrected chi connectivity index (χ3v) is 4.94. The van der Waals surface area contributed by atoms with E-state index in [0.29, 0.717) is 6.04 Å². The highest BCUT2D eigenvalue weighted by Gasteiger charge is 2.27. The van der Waals surface area contributed by atoms with E-state index in [1.54, 1.807) is 5.57 Å². The lowest BCUT2D eigenvalue weighted by Crippen LogP contribution is -2.43. The molecule has 2 nitrogen and oxygen atoms in total. The Balaban J connectivity index is 1.97. The molecule has 18 heavy (non-hydrogen) atoms. The fourth-order valence-electron chi connectivity index (χ4n) is 3.66. The van der Waals surface area contributed by atoms with E-state index in [9.17, 15) is 0 Å². The molecule has 0 aromatic heterocycles. The zero-order valence-electron chi connectivity index (χ0n) is 12.0. The number of allylic oxidation sites excluding steroid dienone is 1. The Bertz CT molecular complexity index is 264. The molecule has 0 aromatic carbocycles. The Labute approximate surface area is 112 Å². The Kier molecular flexibility index (Phi) is 5.71. The zero-order valence-corrected chi connectivity index (χ0v) is 12.0. The van der Waals surface area contributed by atoms with Crippen LogP contribution < -0.4 is 11.3 Å². The summed E-state index contributed by atoms with van der Waals surface area (Å²) in [6.07, 6.45) is 16.0. The van der Waals surface area contributed by atoms with Gasteiger partial charge in [0.25, 0.3) is 0 Å². The van der Waals surface area contributed by atoms with Gasteiger partial charge in [-0.2, -0.15) is 0 Å². The Morgan fingerprint density at radius 1 is 1.11 bits per heavy atom. The molecule has 0 radical (unpaired) electrons. The minimum absolute atomic E-state index is 0.454. The van der Waals surface area contributed by atoms with Crippen LogP contribution in [0.4, 0.5) is 0 Å². The molecule has 1 fully saturated rings. The molecule has 0 amide bonds. The second-order valence-electron chi connectivity index (χ2n) is 6.40. The van der Waals surface area contributed by atoms with Crippen molar-refractivity contribution in [1.82, 2.24) is 5.43 Å². The summed E-state index contributed by atoms with van der Waals surface area (Å²) in [6, 6.07) is 0.454. The van der Waals surface area contributed by atoms with Crippen molar-refractivity contribution in [2.45, 2.75) is 77.2 Å². The number of nitrogens with one attached hydrogen (secondary N) is 1. The van der Waals surface area contributed by atoms with Crippen LogP contribution in [0.1, 0.15) is 71.1 Å². The van der Waals surface area contributed by atoms with E-state index in [2.05, 4.69) is 18.4 Å². The second-order valence-corrected chi connectivity index (χ2v) is 6.40. The van der Waals surface area contributed by atoms with Crippen molar-refractivity contribution in [2.75, 3.05) is 0 Å². The van der Waals surface area contributed by atoms with E-state index in [0.717, 1.165) is 11.8 Å². The maximum Gasteiger partial charge on any atom is 0.0447 e. The molecular formula is C16H30N2. The van der Waals surface area contributed by atoms with Crippen LogP contribution >= 0.6 is 0 Å². The first-order valence-corrected chi connectivity index (χ1v) is 7.96. The predicted octanol–water partition coefficient (Wildman–Crippen LogP) is 3.93. The van der Waals surface area contributed by atoms with Crippen molar-refractivity contribution in [1.29, 1.82) is 0 Å². The van der Waals surface area contributed by atoms with Gasteiger partial charge in [-0.25, -0.2) is 0 Å². The van der Waals surface area contributed by atoms with Gasteiger partial charge in [0.05, 0.1) is 0 Å². The van der Waals surface area contributed by atoms with Crippen molar-refractivity contribution in [2.24, 2.45) is 17.7 Å². The van der Waals surface area contributed by atoms with Crippen molar-refractivity contribution < 1.29 is 0 Å². The van der Waals surface area contributed by atoms with Crippen LogP contribution in [0.3, 0.4) is 0 Å². The average molecular weight is 250 g/mol. The average Bonchev–Trinajstić information content (AvgIpc) is 2.34. The standard InChI is InChI=1S/C16H30N2/c1-13-9-11-15(12-10-13)16(18-17)14-7-5-3-2-4-6-8-14/h7,13,15-16,18H,2-6,8-12,17H2,1H3. The van der Waals surface area contributed by atoms with E-state index >= 15 is 0 Å². The lowest BCUT2D eigenvalue weighted by Gasteiger charge is -2.34. The maximum atomic E-state index is 5.87. The summed E-state index contributed by atoms with van der Waals surface area (Å²) >= 11 is 0. The van der Waals surface area contributed by atoms with E-state index < -0.39 is 0 Å². The summed E-state index contributed by atoms with van der Waals surface area (Å²) < 4.78 is 0. The van der Waals surface area contributed by atoms with Gasteiger partial charge < -0.3 is 0 Å². The van der Waals surface area contributed by atoms with Gasteiger partial charge in [-0.05, 0) is 50.4 Å². The summed E-state index contributed by atoms with van der Waals surface area (Å²) in [5.41, 5.74) is 4.74. The Morgan fingerprint density at radius 2 is 1.83 bits per heavy atom. The first-order chi connectivity index (χ1) is 8.81. The highest BCUT2D eigenvalue weighted by atomic mass is 15.2. The number of hydrogen-bond donors (Lipinski definition) is 2. The first kappa shape index (κ1) is 14.1. The Hall–Kier alpha value is -0.340. The van der Waals surface area contributed by atoms with Crippen LogP contribution in [0, 0.1) is 11.8 Å². The quantitative estimate of drug-likeness (QED) is 0.452. The van der Waals surface area contributed by atoms with Crippen molar-refractivity contribution in [3.63, 3.8) is 0 Å². The van der Waals surface area contributed by atoms with Gasteiger partial charge >= 0.3 is 0 Å². The Morgan fingerprint density at radius 3 is 2.56 bits per heavy atom. The first-order valence-electron chi connectivity index (χ1n) is 7.96. The molecule has 1 unspecified atom stereocenters. The van der Waals surface area contributed by atoms with Gasteiger partial charge in [-0.3, -0.25) is 11.3 Å². The fraction of sp³-hybridized carbons (Fsp3) is 0.875. The summed E-state index contributed by atoms with van der Waals surface area (Å²) in [7, 11) is 0. The van der Waals surface area contributed by atoms with Crippen LogP contribution in [-0.2, 0) is 0 Å². The predicted molar refractivity (Wildman–Crippen MR) is 78.0 cm³/mol. The smallest absolute Gasteiger partial charge is 0.0447 e. The van der Waals surface area contributed by atoms with Crippen molar-refractivity contribution >= 4 is 0 Å². The van der Waals surface area contributed by atoms with Crippen LogP contribution in [0.2, 0.25) is 0 Å². The van der Waals surface area contributed by atoms with Crippen LogP contribution in [0.5, 0.6) is 0 Å². The van der Waals surface area contributed by atoms with E-state index in [-0.39, 0.29) is 0 Å². The summed E-state index contributed by atoms with van der Waals surface area (Å²) in [4.78, 5) is 0. The van der Waals surface area contributed by atoms with Crippen LogP contribution in [0.25, 0.3) is 0 Å². The molecule has 1 saturated carbocycles. The van der Waals surface area contributed by atoms with E-state index in [4.69, 9.17) is 5.84 Å². The summed E-state index contributed by atoms with van der Waals surface area (Å²) in [5, 5.41) is 0. The van der Waals surface area contributed by atoms with Gasteiger partial charge in [0.15, 0.2) is 0 Å². The largest absolute Gasteiger partial charge is 0.271 e. The lowest BCUT2D eigenvalue weighted by molar-refractivity contribution is 0.245. The summed E-state index contributed by atoms with van der Waals surface area (Å²) in [5.74, 6) is 7.57. The van der Waals surface area contributed by atoms with Gasteiger partial charge in [0.2, 0.25) is 0 Å². The second kappa shape index (κ2) is 7.30. The van der Waals surface area contributed by atoms with Gasteiger partial charge in [0.1, 0.15) is 0 Å². The highest BCUT2D eigenvalue weighted by molar-refractivity contribution is 5.13. The minimum Gasteiger partial charge on any atom is -0.271 e. The SMILES string of the molecule is CC1CCC(C(NN)C2=CCCCCCC2)CC1. The minimum atomic E-state index is 0.454. The molecule has 2 heteroatoms. The van der Waals surface area contributed by atoms with Crippen LogP contribution in [-0.4, -0.2) is 6.04 Å². The highest BCUT2D eigenvalue weighted by Crippen LogP contribution is 2.34. The fourth-order valence-corrected chi connectivity index (χ4v) is 3.66. The molecule has 0 spiro atoms. The number of hydrazine groups is 1. The topological polar surface area (TPSA) is 38.0 Å². The molecule has 3 N–H and O–H groups in total. The summed E-state index contributed by atoms with van der Waals surface area (Å²) in [6.45, 7) is 2.39. The van der Waals surface area contributed by atoms with Gasteiger partial charge in [0, 0.05) is 6.04 Å². The van der Waals surface area contributed by atoms with Gasteiger partial charge in [-0.1, -0.05) is 44.3 Å². The molecule has 104 valence electrons. The zero-order chi connectivity index (χ0) is 12.8. The monoisotopic (exact) mass is 250 g/mol. The van der Waals surface area contributed by atoms with Crippen molar-refractivity contribution in [3.05, 3.63) is 11.6 Å². The third-order valence-electron chi connectivity index (χ3n) is 4.94. The number of nitrogens with two attached hydrogens (primary N) is 1. The number of hydrogen-bond acceptors (Lipinski definition) is 2. The molecule has 0 heterocycles. The van der Waals surface area contributed by atoms with E-state index in [1.807, 2.05) is 0 Å². The molecule has 2 aliphatic carbocycles.